The Morgan fingerprint density at radius 3 is 2.81 bits per heavy atom. The predicted octanol–water partition coefficient (Wildman–Crippen LogP) is 3.07. The van der Waals surface area contributed by atoms with Crippen molar-refractivity contribution in [3.8, 4) is 0 Å². The minimum Gasteiger partial charge on any atom is -0.339 e. The molecule has 0 bridgehead atoms. The summed E-state index contributed by atoms with van der Waals surface area (Å²) in [6, 6.07) is 12.0. The number of nitrogens with zero attached hydrogens (tertiary/aromatic N) is 1. The van der Waals surface area contributed by atoms with Gasteiger partial charge in [0.2, 0.25) is 5.91 Å². The second-order valence-corrected chi connectivity index (χ2v) is 7.11. The molecule has 0 aliphatic carbocycles. The molecule has 1 aromatic carbocycles. The topological polar surface area (TPSA) is 32.3 Å². The van der Waals surface area contributed by atoms with Gasteiger partial charge < -0.3 is 10.2 Å². The lowest BCUT2D eigenvalue weighted by Gasteiger charge is -2.28. The van der Waals surface area contributed by atoms with Crippen LogP contribution in [0.1, 0.15) is 16.0 Å². The number of hydrogen-bond donors (Lipinski definition) is 1. The maximum atomic E-state index is 12.6. The van der Waals surface area contributed by atoms with Crippen LogP contribution in [0.4, 0.5) is 0 Å². The minimum atomic E-state index is -0.139. The highest BCUT2D eigenvalue weighted by molar-refractivity contribution is 7.16. The second-order valence-electron chi connectivity index (χ2n) is 5.31. The van der Waals surface area contributed by atoms with Crippen LogP contribution in [0.2, 0.25) is 4.34 Å². The Kier molecular flexibility index (Phi) is 4.29. The van der Waals surface area contributed by atoms with Gasteiger partial charge in [0, 0.05) is 18.5 Å². The molecule has 0 unspecified atom stereocenters. The van der Waals surface area contributed by atoms with Crippen molar-refractivity contribution in [3.63, 3.8) is 0 Å². The highest BCUT2D eigenvalue weighted by atomic mass is 35.5. The zero-order chi connectivity index (χ0) is 14.8. The molecule has 0 spiro atoms. The van der Waals surface area contributed by atoms with Crippen molar-refractivity contribution in [3.05, 3.63) is 56.7 Å². The summed E-state index contributed by atoms with van der Waals surface area (Å²) in [5.41, 5.74) is 2.55. The van der Waals surface area contributed by atoms with Crippen molar-refractivity contribution in [2.45, 2.75) is 25.6 Å². The highest BCUT2D eigenvalue weighted by Crippen LogP contribution is 2.23. The van der Waals surface area contributed by atoms with E-state index in [1.54, 1.807) is 4.90 Å². The Labute approximate surface area is 133 Å². The summed E-state index contributed by atoms with van der Waals surface area (Å²) in [6.07, 6.45) is 0.755. The van der Waals surface area contributed by atoms with Gasteiger partial charge in [-0.15, -0.1) is 11.3 Å². The number of halogens is 1. The van der Waals surface area contributed by atoms with Crippen LogP contribution in [0, 0.1) is 0 Å². The Hall–Kier alpha value is -1.36. The number of amides is 1. The molecule has 3 rings (SSSR count). The van der Waals surface area contributed by atoms with Gasteiger partial charge in [-0.3, -0.25) is 4.79 Å². The number of carbonyl (C=O) groups is 1. The van der Waals surface area contributed by atoms with Gasteiger partial charge in [-0.05, 0) is 29.7 Å². The third kappa shape index (κ3) is 3.28. The molecule has 1 aliphatic rings. The molecule has 2 aromatic rings. The summed E-state index contributed by atoms with van der Waals surface area (Å²) >= 11 is 7.45. The molecule has 5 heteroatoms. The van der Waals surface area contributed by atoms with Gasteiger partial charge in [-0.2, -0.15) is 0 Å². The summed E-state index contributed by atoms with van der Waals surface area (Å²) in [6.45, 7) is 1.36. The first-order valence-corrected chi connectivity index (χ1v) is 8.12. The van der Waals surface area contributed by atoms with E-state index in [1.165, 1.54) is 22.5 Å². The molecule has 0 saturated carbocycles. The SMILES string of the molecule is CN(Cc1ccc(Cl)s1)C(=O)[C@@H]1Cc2ccccc2CN1. The molecule has 1 aromatic heterocycles. The molecule has 21 heavy (non-hydrogen) atoms. The van der Waals surface area contributed by atoms with E-state index in [9.17, 15) is 4.79 Å². The monoisotopic (exact) mass is 320 g/mol. The first-order valence-electron chi connectivity index (χ1n) is 6.93. The molecule has 2 heterocycles. The number of nitrogens with one attached hydrogen (secondary N) is 1. The third-order valence-corrected chi connectivity index (χ3v) is 4.99. The fraction of sp³-hybridized carbons (Fsp3) is 0.312. The number of likely N-dealkylation sites (N-methyl/N-ethyl adjacent to an activating group) is 1. The van der Waals surface area contributed by atoms with Crippen LogP contribution in [0.15, 0.2) is 36.4 Å². The van der Waals surface area contributed by atoms with Gasteiger partial charge >= 0.3 is 0 Å². The van der Waals surface area contributed by atoms with E-state index in [2.05, 4.69) is 17.4 Å². The van der Waals surface area contributed by atoms with E-state index in [-0.39, 0.29) is 11.9 Å². The van der Waals surface area contributed by atoms with Crippen molar-refractivity contribution in [2.75, 3.05) is 7.05 Å². The quantitative estimate of drug-likeness (QED) is 0.942. The molecule has 1 N–H and O–H groups in total. The van der Waals surface area contributed by atoms with Crippen molar-refractivity contribution in [1.29, 1.82) is 0 Å². The Morgan fingerprint density at radius 2 is 2.10 bits per heavy atom. The maximum absolute atomic E-state index is 12.6. The average Bonchev–Trinajstić information content (AvgIpc) is 2.91. The van der Waals surface area contributed by atoms with Gasteiger partial charge in [0.25, 0.3) is 0 Å². The summed E-state index contributed by atoms with van der Waals surface area (Å²) in [5, 5.41) is 3.33. The lowest BCUT2D eigenvalue weighted by molar-refractivity contribution is -0.132. The number of carbonyl (C=O) groups excluding carboxylic acids is 1. The van der Waals surface area contributed by atoms with Crippen LogP contribution >= 0.6 is 22.9 Å². The van der Waals surface area contributed by atoms with Crippen molar-refractivity contribution in [1.82, 2.24) is 10.2 Å². The van der Waals surface area contributed by atoms with Crippen molar-refractivity contribution < 1.29 is 4.79 Å². The number of hydrogen-bond acceptors (Lipinski definition) is 3. The zero-order valence-electron chi connectivity index (χ0n) is 11.8. The second kappa shape index (κ2) is 6.18. The highest BCUT2D eigenvalue weighted by Gasteiger charge is 2.26. The Bertz CT molecular complexity index is 655. The predicted molar refractivity (Wildman–Crippen MR) is 86.6 cm³/mol. The molecule has 0 saturated heterocycles. The van der Waals surface area contributed by atoms with Gasteiger partial charge in [0.05, 0.1) is 16.9 Å². The van der Waals surface area contributed by atoms with Crippen LogP contribution in [0.25, 0.3) is 0 Å². The molecule has 1 amide bonds. The van der Waals surface area contributed by atoms with Gasteiger partial charge in [-0.25, -0.2) is 0 Å². The lowest BCUT2D eigenvalue weighted by atomic mass is 9.95. The molecular weight excluding hydrogens is 304 g/mol. The number of rotatable bonds is 3. The van der Waals surface area contributed by atoms with E-state index in [0.717, 1.165) is 22.2 Å². The first-order chi connectivity index (χ1) is 10.1. The number of fused-ring (bicyclic) bond motifs is 1. The third-order valence-electron chi connectivity index (χ3n) is 3.78. The molecule has 1 aliphatic heterocycles. The van der Waals surface area contributed by atoms with Crippen LogP contribution < -0.4 is 5.32 Å². The lowest BCUT2D eigenvalue weighted by Crippen LogP contribution is -2.47. The normalized spacial score (nSPS) is 17.3. The van der Waals surface area contributed by atoms with E-state index in [4.69, 9.17) is 11.6 Å². The fourth-order valence-corrected chi connectivity index (χ4v) is 3.78. The molecule has 3 nitrogen and oxygen atoms in total. The number of benzene rings is 1. The summed E-state index contributed by atoms with van der Waals surface area (Å²) < 4.78 is 0.760. The van der Waals surface area contributed by atoms with Gasteiger partial charge in [-0.1, -0.05) is 35.9 Å². The van der Waals surface area contributed by atoms with E-state index in [1.807, 2.05) is 31.3 Å². The Morgan fingerprint density at radius 1 is 1.33 bits per heavy atom. The minimum absolute atomic E-state index is 0.133. The molecular formula is C16H17ClN2OS. The Balaban J connectivity index is 1.66. The average molecular weight is 321 g/mol. The molecule has 110 valence electrons. The fourth-order valence-electron chi connectivity index (χ4n) is 2.64. The van der Waals surface area contributed by atoms with Gasteiger partial charge in [0.15, 0.2) is 0 Å². The summed E-state index contributed by atoms with van der Waals surface area (Å²) in [5.74, 6) is 0.133. The molecule has 1 atom stereocenters. The maximum Gasteiger partial charge on any atom is 0.240 e. The van der Waals surface area contributed by atoms with E-state index < -0.39 is 0 Å². The standard InChI is InChI=1S/C16H17ClN2OS/c1-19(10-13-6-7-15(17)21-13)16(20)14-8-11-4-2-3-5-12(11)9-18-14/h2-7,14,18H,8-10H2,1H3/t14-/m0/s1. The smallest absolute Gasteiger partial charge is 0.240 e. The van der Waals surface area contributed by atoms with E-state index >= 15 is 0 Å². The van der Waals surface area contributed by atoms with E-state index in [0.29, 0.717) is 6.54 Å². The van der Waals surface area contributed by atoms with Crippen LogP contribution in [0.5, 0.6) is 0 Å². The molecule has 0 radical (unpaired) electrons. The van der Waals surface area contributed by atoms with Crippen molar-refractivity contribution in [2.24, 2.45) is 0 Å². The first kappa shape index (κ1) is 14.6. The zero-order valence-corrected chi connectivity index (χ0v) is 13.4. The van der Waals surface area contributed by atoms with Crippen LogP contribution in [-0.4, -0.2) is 23.9 Å². The summed E-state index contributed by atoms with van der Waals surface area (Å²) in [7, 11) is 1.85. The number of thiophene rings is 1. The molecule has 0 fully saturated rings. The van der Waals surface area contributed by atoms with Crippen molar-refractivity contribution >= 4 is 28.8 Å². The van der Waals surface area contributed by atoms with Crippen LogP contribution in [-0.2, 0) is 24.3 Å². The summed E-state index contributed by atoms with van der Waals surface area (Å²) in [4.78, 5) is 15.4. The van der Waals surface area contributed by atoms with Gasteiger partial charge in [0.1, 0.15) is 0 Å². The van der Waals surface area contributed by atoms with Crippen LogP contribution in [0.3, 0.4) is 0 Å². The largest absolute Gasteiger partial charge is 0.339 e.